The molecule has 0 atom stereocenters. The fraction of sp³-hybridized carbons (Fsp3) is 0.333. The van der Waals surface area contributed by atoms with Crippen molar-refractivity contribution in [3.05, 3.63) is 71.1 Å². The number of nitrogens with zero attached hydrogens (tertiary/aromatic N) is 4. The van der Waals surface area contributed by atoms with Gasteiger partial charge in [0.05, 0.1) is 32.1 Å². The smallest absolute Gasteiger partial charge is 0.334 e. The highest BCUT2D eigenvalue weighted by Crippen LogP contribution is 2.45. The average molecular weight is 626 g/mol. The topological polar surface area (TPSA) is 73.9 Å². The summed E-state index contributed by atoms with van der Waals surface area (Å²) in [6.45, 7) is 6.76. The number of pyridine rings is 1. The highest BCUT2D eigenvalue weighted by molar-refractivity contribution is 6.15. The van der Waals surface area contributed by atoms with Crippen molar-refractivity contribution in [1.29, 1.82) is 0 Å². The van der Waals surface area contributed by atoms with Gasteiger partial charge in [0.25, 0.3) is 0 Å². The zero-order valence-electron chi connectivity index (χ0n) is 25.4. The second-order valence-electron chi connectivity index (χ2n) is 10.4. The summed E-state index contributed by atoms with van der Waals surface area (Å²) in [4.78, 5) is 25.8. The molecule has 0 saturated heterocycles. The van der Waals surface area contributed by atoms with E-state index in [9.17, 15) is 9.18 Å². The SMILES string of the molecule is CCCN(CC)CCC#CCc1cc2c3c(cnc2[nH]1)CN(c1c(F)c(OC)cc(OC)c1F)C(=O)N3c1cccc(F)c1F.[HH]. The van der Waals surface area contributed by atoms with E-state index in [0.717, 1.165) is 48.0 Å². The highest BCUT2D eigenvalue weighted by Gasteiger charge is 2.40. The number of halogens is 4. The standard InChI is InChI=1S/C33H33F4N5O3.H2/c1-5-14-40(6-2)15-9-7-8-11-21-16-22-30-20(18-38-32(22)39-21)19-41(31-28(36)25(44-3)17-26(45-4)29(31)37)33(43)42(30)24-13-10-12-23(34)27(24)35;/h10,12-13,16-18H,5-6,9,11,14-15,19H2,1-4H3,(H,38,39);1H. The summed E-state index contributed by atoms with van der Waals surface area (Å²) >= 11 is 0. The Morgan fingerprint density at radius 3 is 2.40 bits per heavy atom. The molecule has 1 aliphatic rings. The molecule has 0 saturated carbocycles. The number of rotatable bonds is 10. The van der Waals surface area contributed by atoms with Crippen molar-refractivity contribution in [3.8, 4) is 23.3 Å². The molecule has 1 aliphatic heterocycles. The van der Waals surface area contributed by atoms with Crippen molar-refractivity contribution in [3.63, 3.8) is 0 Å². The summed E-state index contributed by atoms with van der Waals surface area (Å²) in [5.74, 6) is 0.758. The summed E-state index contributed by atoms with van der Waals surface area (Å²) in [5.41, 5.74) is 0.407. The minimum Gasteiger partial charge on any atom is -0.493 e. The molecule has 0 fully saturated rings. The molecule has 0 radical (unpaired) electrons. The minimum absolute atomic E-state index is 0. The quantitative estimate of drug-likeness (QED) is 0.148. The first-order valence-electron chi connectivity index (χ1n) is 14.6. The number of carbonyl (C=O) groups is 1. The van der Waals surface area contributed by atoms with Gasteiger partial charge in [0.1, 0.15) is 11.3 Å². The van der Waals surface area contributed by atoms with Gasteiger partial charge in [-0.05, 0) is 37.7 Å². The molecule has 2 aromatic carbocycles. The zero-order valence-corrected chi connectivity index (χ0v) is 25.4. The molecule has 12 heteroatoms. The van der Waals surface area contributed by atoms with Crippen LogP contribution in [0.3, 0.4) is 0 Å². The van der Waals surface area contributed by atoms with Crippen LogP contribution in [0.1, 0.15) is 39.4 Å². The number of aromatic amines is 1. The number of methoxy groups -OCH3 is 2. The molecule has 5 rings (SSSR count). The largest absolute Gasteiger partial charge is 0.493 e. The van der Waals surface area contributed by atoms with Crippen LogP contribution in [0, 0.1) is 35.1 Å². The maximum Gasteiger partial charge on any atom is 0.334 e. The van der Waals surface area contributed by atoms with Crippen LogP contribution < -0.4 is 19.3 Å². The number of urea groups is 1. The number of nitrogens with one attached hydrogen (secondary N) is 1. The number of H-pyrrole nitrogens is 1. The molecule has 1 N–H and O–H groups in total. The fourth-order valence-corrected chi connectivity index (χ4v) is 5.46. The van der Waals surface area contributed by atoms with E-state index < -0.39 is 40.7 Å². The number of hydrogen-bond donors (Lipinski definition) is 1. The van der Waals surface area contributed by atoms with E-state index in [1.54, 1.807) is 6.07 Å². The molecule has 2 amide bonds. The van der Waals surface area contributed by atoms with E-state index in [-0.39, 0.29) is 25.2 Å². The van der Waals surface area contributed by atoms with Gasteiger partial charge < -0.3 is 19.4 Å². The van der Waals surface area contributed by atoms with Gasteiger partial charge >= 0.3 is 6.03 Å². The number of carbonyl (C=O) groups excluding carboxylic acids is 1. The zero-order chi connectivity index (χ0) is 32.2. The predicted octanol–water partition coefficient (Wildman–Crippen LogP) is 7.33. The first kappa shape index (κ1) is 31.7. The van der Waals surface area contributed by atoms with Gasteiger partial charge in [-0.25, -0.2) is 27.3 Å². The van der Waals surface area contributed by atoms with Crippen LogP contribution in [-0.2, 0) is 13.0 Å². The monoisotopic (exact) mass is 625 g/mol. The molecule has 4 aromatic rings. The van der Waals surface area contributed by atoms with Gasteiger partial charge in [-0.15, -0.1) is 5.92 Å². The molecule has 0 spiro atoms. The first-order chi connectivity index (χ1) is 21.7. The van der Waals surface area contributed by atoms with Gasteiger partial charge in [0.15, 0.2) is 34.8 Å². The molecule has 2 aromatic heterocycles. The van der Waals surface area contributed by atoms with Crippen molar-refractivity contribution in [2.45, 2.75) is 39.7 Å². The third-order valence-corrected chi connectivity index (χ3v) is 7.67. The maximum absolute atomic E-state index is 15.6. The number of fused-ring (bicyclic) bond motifs is 3. The molecular formula is C33H35F4N5O3. The van der Waals surface area contributed by atoms with Gasteiger partial charge in [-0.1, -0.05) is 25.8 Å². The van der Waals surface area contributed by atoms with Crippen molar-refractivity contribution in [2.75, 3.05) is 43.7 Å². The number of anilines is 3. The minimum atomic E-state index is -1.31. The Morgan fingerprint density at radius 2 is 1.73 bits per heavy atom. The summed E-state index contributed by atoms with van der Waals surface area (Å²) < 4.78 is 71.1. The lowest BCUT2D eigenvalue weighted by atomic mass is 10.1. The number of aromatic nitrogens is 2. The molecule has 45 heavy (non-hydrogen) atoms. The summed E-state index contributed by atoms with van der Waals surface area (Å²) in [5, 5.41) is 0.435. The summed E-state index contributed by atoms with van der Waals surface area (Å²) in [7, 11) is 2.37. The first-order valence-corrected chi connectivity index (χ1v) is 14.6. The van der Waals surface area contributed by atoms with Crippen LogP contribution in [0.25, 0.3) is 11.0 Å². The normalized spacial score (nSPS) is 12.9. The van der Waals surface area contributed by atoms with Crippen molar-refractivity contribution in [2.24, 2.45) is 0 Å². The Morgan fingerprint density at radius 1 is 1.00 bits per heavy atom. The lowest BCUT2D eigenvalue weighted by molar-refractivity contribution is 0.251. The third-order valence-electron chi connectivity index (χ3n) is 7.67. The van der Waals surface area contributed by atoms with E-state index in [1.165, 1.54) is 32.5 Å². The molecule has 238 valence electrons. The van der Waals surface area contributed by atoms with Crippen LogP contribution in [0.5, 0.6) is 11.5 Å². The molecule has 0 bridgehead atoms. The van der Waals surface area contributed by atoms with Gasteiger partial charge in [-0.3, -0.25) is 9.80 Å². The Kier molecular flexibility index (Phi) is 9.48. The van der Waals surface area contributed by atoms with Gasteiger partial charge in [0.2, 0.25) is 0 Å². The second-order valence-corrected chi connectivity index (χ2v) is 10.4. The van der Waals surface area contributed by atoms with Crippen LogP contribution >= 0.6 is 0 Å². The highest BCUT2D eigenvalue weighted by atomic mass is 19.2. The van der Waals surface area contributed by atoms with Gasteiger partial charge in [-0.2, -0.15) is 0 Å². The molecule has 0 aliphatic carbocycles. The van der Waals surface area contributed by atoms with E-state index >= 15 is 13.2 Å². The molecule has 3 heterocycles. The van der Waals surface area contributed by atoms with Crippen LogP contribution in [-0.4, -0.2) is 54.8 Å². The molecule has 8 nitrogen and oxygen atoms in total. The van der Waals surface area contributed by atoms with Gasteiger partial charge in [0, 0.05) is 49.7 Å². The van der Waals surface area contributed by atoms with Crippen LogP contribution in [0.4, 0.5) is 39.4 Å². The van der Waals surface area contributed by atoms with Crippen molar-refractivity contribution >= 4 is 34.1 Å². The summed E-state index contributed by atoms with van der Waals surface area (Å²) in [6, 6.07) is 5.10. The number of benzene rings is 2. The van der Waals surface area contributed by atoms with Crippen molar-refractivity contribution < 1.29 is 33.3 Å². The molecule has 0 unspecified atom stereocenters. The lowest BCUT2D eigenvalue weighted by Gasteiger charge is -2.37. The summed E-state index contributed by atoms with van der Waals surface area (Å²) in [6.07, 6.45) is 3.57. The Labute approximate surface area is 260 Å². The van der Waals surface area contributed by atoms with E-state index in [2.05, 4.69) is 40.6 Å². The number of ether oxygens (including phenoxy) is 2. The second kappa shape index (κ2) is 13.5. The Bertz CT molecular complexity index is 1780. The number of amides is 2. The number of hydrogen-bond acceptors (Lipinski definition) is 5. The van der Waals surface area contributed by atoms with E-state index in [4.69, 9.17) is 9.47 Å². The third kappa shape index (κ3) is 6.00. The van der Waals surface area contributed by atoms with E-state index in [1.807, 2.05) is 0 Å². The Balaban J connectivity index is 0.00000480. The van der Waals surface area contributed by atoms with Crippen LogP contribution in [0.2, 0.25) is 0 Å². The van der Waals surface area contributed by atoms with E-state index in [0.29, 0.717) is 35.1 Å². The fourth-order valence-electron chi connectivity index (χ4n) is 5.46. The Hall–Kier alpha value is -4.76. The van der Waals surface area contributed by atoms with Crippen LogP contribution in [0.15, 0.2) is 36.5 Å². The average Bonchev–Trinajstić information content (AvgIpc) is 3.46. The maximum atomic E-state index is 15.6. The molecular weight excluding hydrogens is 590 g/mol. The predicted molar refractivity (Wildman–Crippen MR) is 166 cm³/mol. The van der Waals surface area contributed by atoms with Crippen molar-refractivity contribution in [1.82, 2.24) is 14.9 Å². The lowest BCUT2D eigenvalue weighted by Crippen LogP contribution is -2.46.